The van der Waals surface area contributed by atoms with Gasteiger partial charge in [-0.15, -0.1) is 0 Å². The molecule has 1 heterocycles. The zero-order valence-corrected chi connectivity index (χ0v) is 11.7. The molecule has 2 aromatic rings. The first-order valence-corrected chi connectivity index (χ1v) is 6.80. The lowest BCUT2D eigenvalue weighted by molar-refractivity contribution is -0.137. The van der Waals surface area contributed by atoms with Crippen molar-refractivity contribution in [1.82, 2.24) is 4.98 Å². The Morgan fingerprint density at radius 2 is 1.95 bits per heavy atom. The molecule has 20 heavy (non-hydrogen) atoms. The summed E-state index contributed by atoms with van der Waals surface area (Å²) in [5, 5.41) is 0.931. The molecule has 0 aliphatic rings. The Labute approximate surface area is 123 Å². The highest BCUT2D eigenvalue weighted by atomic mass is 35.5. The molecule has 2 rings (SSSR count). The first-order chi connectivity index (χ1) is 9.41. The van der Waals surface area contributed by atoms with Gasteiger partial charge in [0, 0.05) is 17.6 Å². The van der Waals surface area contributed by atoms with E-state index in [2.05, 4.69) is 4.98 Å². The number of rotatable bonds is 3. The summed E-state index contributed by atoms with van der Waals surface area (Å²) in [6.45, 7) is 0.295. The number of hydrogen-bond acceptors (Lipinski definition) is 3. The van der Waals surface area contributed by atoms with Crippen LogP contribution in [0.15, 0.2) is 46.5 Å². The summed E-state index contributed by atoms with van der Waals surface area (Å²) in [6.07, 6.45) is -3.58. The van der Waals surface area contributed by atoms with Gasteiger partial charge in [-0.25, -0.2) is 4.98 Å². The van der Waals surface area contributed by atoms with Gasteiger partial charge in [-0.3, -0.25) is 0 Å². The third kappa shape index (κ3) is 3.45. The maximum absolute atomic E-state index is 12.4. The van der Waals surface area contributed by atoms with Crippen LogP contribution in [-0.4, -0.2) is 4.98 Å². The highest BCUT2D eigenvalue weighted by Gasteiger charge is 2.30. The van der Waals surface area contributed by atoms with Crippen LogP contribution in [0.3, 0.4) is 0 Å². The van der Waals surface area contributed by atoms with Gasteiger partial charge in [0.25, 0.3) is 0 Å². The van der Waals surface area contributed by atoms with Crippen molar-refractivity contribution in [3.63, 3.8) is 0 Å². The SMILES string of the molecule is NCc1cccc(Cl)c1Sc1ccc(C(F)(F)F)cn1. The minimum Gasteiger partial charge on any atom is -0.326 e. The second-order valence-electron chi connectivity index (χ2n) is 3.92. The predicted octanol–water partition coefficient (Wildman–Crippen LogP) is 4.36. The van der Waals surface area contributed by atoms with Crippen LogP contribution < -0.4 is 5.73 Å². The largest absolute Gasteiger partial charge is 0.417 e. The van der Waals surface area contributed by atoms with E-state index in [4.69, 9.17) is 17.3 Å². The number of alkyl halides is 3. The number of benzene rings is 1. The third-order valence-electron chi connectivity index (χ3n) is 2.54. The molecule has 0 aliphatic carbocycles. The molecule has 0 saturated heterocycles. The zero-order chi connectivity index (χ0) is 14.8. The Hall–Kier alpha value is -1.24. The highest BCUT2D eigenvalue weighted by Crippen LogP contribution is 2.36. The topological polar surface area (TPSA) is 38.9 Å². The molecule has 0 fully saturated rings. The van der Waals surface area contributed by atoms with Crippen molar-refractivity contribution >= 4 is 23.4 Å². The molecular weight excluding hydrogens is 309 g/mol. The molecular formula is C13H10ClF3N2S. The van der Waals surface area contributed by atoms with Gasteiger partial charge in [-0.1, -0.05) is 35.5 Å². The Kier molecular flexibility index (Phi) is 4.57. The van der Waals surface area contributed by atoms with Crippen LogP contribution in [-0.2, 0) is 12.7 Å². The number of hydrogen-bond donors (Lipinski definition) is 1. The molecule has 1 aromatic carbocycles. The smallest absolute Gasteiger partial charge is 0.326 e. The number of halogens is 4. The second kappa shape index (κ2) is 6.03. The van der Waals surface area contributed by atoms with Crippen LogP contribution in [0.4, 0.5) is 13.2 Å². The molecule has 1 aromatic heterocycles. The molecule has 2 nitrogen and oxygen atoms in total. The van der Waals surface area contributed by atoms with E-state index in [1.807, 2.05) is 6.07 Å². The van der Waals surface area contributed by atoms with Gasteiger partial charge in [0.1, 0.15) is 5.03 Å². The fourth-order valence-electron chi connectivity index (χ4n) is 1.54. The van der Waals surface area contributed by atoms with Gasteiger partial charge >= 0.3 is 6.18 Å². The Morgan fingerprint density at radius 3 is 2.50 bits per heavy atom. The molecule has 0 unspecified atom stereocenters. The van der Waals surface area contributed by atoms with Crippen molar-refractivity contribution in [1.29, 1.82) is 0 Å². The molecule has 0 amide bonds. The van der Waals surface area contributed by atoms with Crippen molar-refractivity contribution in [3.05, 3.63) is 52.7 Å². The van der Waals surface area contributed by atoms with E-state index in [-0.39, 0.29) is 0 Å². The molecule has 106 valence electrons. The lowest BCUT2D eigenvalue weighted by Crippen LogP contribution is -2.05. The Bertz CT molecular complexity index is 600. The number of pyridine rings is 1. The minimum absolute atomic E-state index is 0.295. The van der Waals surface area contributed by atoms with Crippen molar-refractivity contribution in [2.45, 2.75) is 22.6 Å². The van der Waals surface area contributed by atoms with Crippen LogP contribution >= 0.6 is 23.4 Å². The Balaban J connectivity index is 2.27. The van der Waals surface area contributed by atoms with E-state index in [1.54, 1.807) is 12.1 Å². The predicted molar refractivity (Wildman–Crippen MR) is 72.7 cm³/mol. The molecule has 0 atom stereocenters. The van der Waals surface area contributed by atoms with Crippen LogP contribution in [0, 0.1) is 0 Å². The normalized spacial score (nSPS) is 11.7. The summed E-state index contributed by atoms with van der Waals surface area (Å²) in [4.78, 5) is 4.51. The summed E-state index contributed by atoms with van der Waals surface area (Å²) in [6, 6.07) is 7.60. The molecule has 0 aliphatic heterocycles. The third-order valence-corrected chi connectivity index (χ3v) is 4.10. The lowest BCUT2D eigenvalue weighted by atomic mass is 10.2. The highest BCUT2D eigenvalue weighted by molar-refractivity contribution is 7.99. The maximum Gasteiger partial charge on any atom is 0.417 e. The summed E-state index contributed by atoms with van der Waals surface area (Å²) in [5.41, 5.74) is 5.66. The summed E-state index contributed by atoms with van der Waals surface area (Å²) >= 11 is 7.27. The van der Waals surface area contributed by atoms with E-state index in [0.717, 1.165) is 17.8 Å². The minimum atomic E-state index is -4.39. The maximum atomic E-state index is 12.4. The second-order valence-corrected chi connectivity index (χ2v) is 5.35. The van der Waals surface area contributed by atoms with Gasteiger partial charge < -0.3 is 5.73 Å². The number of nitrogens with two attached hydrogens (primary N) is 1. The monoisotopic (exact) mass is 318 g/mol. The molecule has 0 bridgehead atoms. The van der Waals surface area contributed by atoms with Crippen LogP contribution in [0.1, 0.15) is 11.1 Å². The number of nitrogens with zero attached hydrogens (tertiary/aromatic N) is 1. The first-order valence-electron chi connectivity index (χ1n) is 5.60. The van der Waals surface area contributed by atoms with Crippen molar-refractivity contribution in [2.75, 3.05) is 0 Å². The molecule has 0 saturated carbocycles. The van der Waals surface area contributed by atoms with Crippen molar-refractivity contribution in [3.8, 4) is 0 Å². The van der Waals surface area contributed by atoms with E-state index in [0.29, 0.717) is 21.5 Å². The van der Waals surface area contributed by atoms with Gasteiger partial charge in [-0.05, 0) is 23.8 Å². The van der Waals surface area contributed by atoms with Crippen LogP contribution in [0.25, 0.3) is 0 Å². The lowest BCUT2D eigenvalue weighted by Gasteiger charge is -2.10. The fraction of sp³-hybridized carbons (Fsp3) is 0.154. The number of aromatic nitrogens is 1. The van der Waals surface area contributed by atoms with Gasteiger partial charge in [0.05, 0.1) is 10.6 Å². The molecule has 0 radical (unpaired) electrons. The summed E-state index contributed by atoms with van der Waals surface area (Å²) in [5.74, 6) is 0. The molecule has 7 heteroatoms. The molecule has 0 spiro atoms. The van der Waals surface area contributed by atoms with Crippen LogP contribution in [0.5, 0.6) is 0 Å². The standard InChI is InChI=1S/C13H10ClF3N2S/c14-10-3-1-2-8(6-18)12(10)20-11-5-4-9(7-19-11)13(15,16)17/h1-5,7H,6,18H2. The Morgan fingerprint density at radius 1 is 1.20 bits per heavy atom. The summed E-state index contributed by atoms with van der Waals surface area (Å²) < 4.78 is 37.3. The van der Waals surface area contributed by atoms with Gasteiger partial charge in [0.2, 0.25) is 0 Å². The average Bonchev–Trinajstić information content (AvgIpc) is 2.40. The average molecular weight is 319 g/mol. The first kappa shape index (κ1) is 15.2. The van der Waals surface area contributed by atoms with Crippen molar-refractivity contribution in [2.24, 2.45) is 5.73 Å². The van der Waals surface area contributed by atoms with E-state index in [1.165, 1.54) is 17.8 Å². The van der Waals surface area contributed by atoms with E-state index < -0.39 is 11.7 Å². The van der Waals surface area contributed by atoms with Crippen LogP contribution in [0.2, 0.25) is 5.02 Å². The van der Waals surface area contributed by atoms with Gasteiger partial charge in [-0.2, -0.15) is 13.2 Å². The summed E-state index contributed by atoms with van der Waals surface area (Å²) in [7, 11) is 0. The van der Waals surface area contributed by atoms with Crippen molar-refractivity contribution < 1.29 is 13.2 Å². The van der Waals surface area contributed by atoms with E-state index in [9.17, 15) is 13.2 Å². The fourth-order valence-corrected chi connectivity index (χ4v) is 2.75. The zero-order valence-electron chi connectivity index (χ0n) is 10.1. The van der Waals surface area contributed by atoms with E-state index >= 15 is 0 Å². The quantitative estimate of drug-likeness (QED) is 0.913. The molecule has 2 N–H and O–H groups in total. The van der Waals surface area contributed by atoms with Gasteiger partial charge in [0.15, 0.2) is 0 Å².